The third kappa shape index (κ3) is 5.32. The van der Waals surface area contributed by atoms with E-state index < -0.39 is 0 Å². The van der Waals surface area contributed by atoms with Gasteiger partial charge in [0.25, 0.3) is 11.8 Å². The Morgan fingerprint density at radius 1 is 1.04 bits per heavy atom. The van der Waals surface area contributed by atoms with Gasteiger partial charge in [0.2, 0.25) is 0 Å². The summed E-state index contributed by atoms with van der Waals surface area (Å²) in [5.41, 5.74) is 1.45. The molecule has 0 heterocycles. The minimum Gasteiger partial charge on any atom is -0.493 e. The molecular formula is C19H22N2O4. The van der Waals surface area contributed by atoms with Crippen LogP contribution in [-0.4, -0.2) is 38.7 Å². The first-order chi connectivity index (χ1) is 12.2. The van der Waals surface area contributed by atoms with Gasteiger partial charge in [-0.2, -0.15) is 0 Å². The van der Waals surface area contributed by atoms with Gasteiger partial charge in [-0.3, -0.25) is 9.59 Å². The van der Waals surface area contributed by atoms with E-state index in [0.717, 1.165) is 0 Å². The molecular weight excluding hydrogens is 320 g/mol. The summed E-state index contributed by atoms with van der Waals surface area (Å²) in [5.74, 6) is 0.0137. The van der Waals surface area contributed by atoms with Crippen LogP contribution in [0.15, 0.2) is 48.5 Å². The second-order valence-corrected chi connectivity index (χ2v) is 5.21. The number of carbonyl (C=O) groups is 2. The van der Waals surface area contributed by atoms with E-state index in [1.807, 2.05) is 13.0 Å². The van der Waals surface area contributed by atoms with E-state index in [4.69, 9.17) is 9.47 Å². The molecule has 0 aliphatic carbocycles. The van der Waals surface area contributed by atoms with Gasteiger partial charge in [-0.1, -0.05) is 18.2 Å². The monoisotopic (exact) mass is 342 g/mol. The highest BCUT2D eigenvalue weighted by atomic mass is 16.5. The van der Waals surface area contributed by atoms with Crippen LogP contribution in [0.2, 0.25) is 0 Å². The number of ether oxygens (including phenoxy) is 2. The lowest BCUT2D eigenvalue weighted by atomic mass is 10.1. The molecule has 132 valence electrons. The van der Waals surface area contributed by atoms with Gasteiger partial charge < -0.3 is 20.1 Å². The Morgan fingerprint density at radius 3 is 2.60 bits per heavy atom. The van der Waals surface area contributed by atoms with Crippen molar-refractivity contribution in [2.45, 2.75) is 6.92 Å². The highest BCUT2D eigenvalue weighted by Gasteiger charge is 2.13. The van der Waals surface area contributed by atoms with Crippen LogP contribution in [0.3, 0.4) is 0 Å². The number of nitrogens with one attached hydrogen (secondary N) is 2. The lowest BCUT2D eigenvalue weighted by Crippen LogP contribution is -2.27. The van der Waals surface area contributed by atoms with Crippen molar-refractivity contribution in [1.82, 2.24) is 5.32 Å². The SMILES string of the molecule is CCOc1ccccc1C(=O)Nc1cccc(C(=O)NCCOC)c1. The van der Waals surface area contributed by atoms with Crippen LogP contribution in [0.25, 0.3) is 0 Å². The zero-order valence-electron chi connectivity index (χ0n) is 14.4. The van der Waals surface area contributed by atoms with Crippen molar-refractivity contribution in [1.29, 1.82) is 0 Å². The van der Waals surface area contributed by atoms with Crippen molar-refractivity contribution < 1.29 is 19.1 Å². The number of hydrogen-bond donors (Lipinski definition) is 2. The minimum absolute atomic E-state index is 0.220. The van der Waals surface area contributed by atoms with E-state index in [2.05, 4.69) is 10.6 Å². The number of hydrogen-bond acceptors (Lipinski definition) is 4. The molecule has 6 heteroatoms. The molecule has 0 unspecified atom stereocenters. The molecule has 0 aliphatic rings. The summed E-state index contributed by atoms with van der Waals surface area (Å²) in [4.78, 5) is 24.6. The summed E-state index contributed by atoms with van der Waals surface area (Å²) in [6.07, 6.45) is 0. The molecule has 0 bridgehead atoms. The van der Waals surface area contributed by atoms with Crippen LogP contribution in [-0.2, 0) is 4.74 Å². The Bertz CT molecular complexity index is 731. The van der Waals surface area contributed by atoms with Gasteiger partial charge in [0.15, 0.2) is 0 Å². The summed E-state index contributed by atoms with van der Waals surface area (Å²) in [6.45, 7) is 3.20. The fourth-order valence-electron chi connectivity index (χ4n) is 2.24. The summed E-state index contributed by atoms with van der Waals surface area (Å²) >= 11 is 0. The van der Waals surface area contributed by atoms with Gasteiger partial charge in [-0.25, -0.2) is 0 Å². The van der Waals surface area contributed by atoms with Crippen molar-refractivity contribution in [2.24, 2.45) is 0 Å². The molecule has 0 aliphatic heterocycles. The lowest BCUT2D eigenvalue weighted by Gasteiger charge is -2.11. The molecule has 0 saturated heterocycles. The van der Waals surface area contributed by atoms with Gasteiger partial charge in [0.05, 0.1) is 18.8 Å². The number of carbonyl (C=O) groups excluding carboxylic acids is 2. The predicted molar refractivity (Wildman–Crippen MR) is 96.2 cm³/mol. The van der Waals surface area contributed by atoms with Crippen LogP contribution >= 0.6 is 0 Å². The molecule has 2 N–H and O–H groups in total. The second kappa shape index (κ2) is 9.44. The zero-order chi connectivity index (χ0) is 18.1. The number of benzene rings is 2. The summed E-state index contributed by atoms with van der Waals surface area (Å²) < 4.78 is 10.4. The molecule has 0 fully saturated rings. The maximum atomic E-state index is 12.5. The first-order valence-corrected chi connectivity index (χ1v) is 8.06. The maximum Gasteiger partial charge on any atom is 0.259 e. The average molecular weight is 342 g/mol. The van der Waals surface area contributed by atoms with E-state index in [1.165, 1.54) is 0 Å². The van der Waals surface area contributed by atoms with Crippen molar-refractivity contribution in [3.05, 3.63) is 59.7 Å². The molecule has 0 spiro atoms. The number of methoxy groups -OCH3 is 1. The third-order valence-electron chi connectivity index (χ3n) is 3.41. The molecule has 2 amide bonds. The minimum atomic E-state index is -0.291. The molecule has 0 atom stereocenters. The summed E-state index contributed by atoms with van der Waals surface area (Å²) in [6, 6.07) is 13.8. The highest BCUT2D eigenvalue weighted by molar-refractivity contribution is 6.06. The van der Waals surface area contributed by atoms with Crippen molar-refractivity contribution >= 4 is 17.5 Å². The summed E-state index contributed by atoms with van der Waals surface area (Å²) in [7, 11) is 1.57. The third-order valence-corrected chi connectivity index (χ3v) is 3.41. The summed E-state index contributed by atoms with van der Waals surface area (Å²) in [5, 5.41) is 5.54. The molecule has 2 aromatic carbocycles. The normalized spacial score (nSPS) is 10.2. The number of amides is 2. The maximum absolute atomic E-state index is 12.5. The fraction of sp³-hybridized carbons (Fsp3) is 0.263. The molecule has 2 aromatic rings. The van der Waals surface area contributed by atoms with Crippen molar-refractivity contribution in [3.8, 4) is 5.75 Å². The standard InChI is InChI=1S/C19H22N2O4/c1-3-25-17-10-5-4-9-16(17)19(23)21-15-8-6-7-14(13-15)18(22)20-11-12-24-2/h4-10,13H,3,11-12H2,1-2H3,(H,20,22)(H,21,23). The Labute approximate surface area is 147 Å². The van der Waals surface area contributed by atoms with Crippen LogP contribution in [0.4, 0.5) is 5.69 Å². The Morgan fingerprint density at radius 2 is 1.84 bits per heavy atom. The Hall–Kier alpha value is -2.86. The van der Waals surface area contributed by atoms with E-state index >= 15 is 0 Å². The zero-order valence-corrected chi connectivity index (χ0v) is 14.4. The van der Waals surface area contributed by atoms with Crippen molar-refractivity contribution in [3.63, 3.8) is 0 Å². The van der Waals surface area contributed by atoms with Crippen LogP contribution < -0.4 is 15.4 Å². The Balaban J connectivity index is 2.09. The average Bonchev–Trinajstić information content (AvgIpc) is 2.63. The molecule has 0 saturated carbocycles. The molecule has 0 radical (unpaired) electrons. The first kappa shape index (κ1) is 18.5. The number of anilines is 1. The highest BCUT2D eigenvalue weighted by Crippen LogP contribution is 2.20. The van der Waals surface area contributed by atoms with Gasteiger partial charge in [0, 0.05) is 24.9 Å². The largest absolute Gasteiger partial charge is 0.493 e. The van der Waals surface area contributed by atoms with E-state index in [9.17, 15) is 9.59 Å². The molecule has 0 aromatic heterocycles. The van der Waals surface area contributed by atoms with E-state index in [1.54, 1.807) is 49.6 Å². The Kier molecular flexibility index (Phi) is 6.98. The topological polar surface area (TPSA) is 76.7 Å². The fourth-order valence-corrected chi connectivity index (χ4v) is 2.24. The lowest BCUT2D eigenvalue weighted by molar-refractivity contribution is 0.0936. The van der Waals surface area contributed by atoms with Gasteiger partial charge in [-0.15, -0.1) is 0 Å². The smallest absolute Gasteiger partial charge is 0.259 e. The molecule has 6 nitrogen and oxygen atoms in total. The second-order valence-electron chi connectivity index (χ2n) is 5.21. The van der Waals surface area contributed by atoms with E-state index in [-0.39, 0.29) is 11.8 Å². The van der Waals surface area contributed by atoms with Crippen molar-refractivity contribution in [2.75, 3.05) is 32.2 Å². The quantitative estimate of drug-likeness (QED) is 0.723. The number of rotatable bonds is 8. The number of para-hydroxylation sites is 1. The van der Waals surface area contributed by atoms with Crippen LogP contribution in [0.5, 0.6) is 5.75 Å². The molecule has 2 rings (SSSR count). The van der Waals surface area contributed by atoms with Gasteiger partial charge >= 0.3 is 0 Å². The predicted octanol–water partition coefficient (Wildman–Crippen LogP) is 2.71. The van der Waals surface area contributed by atoms with Crippen LogP contribution in [0.1, 0.15) is 27.6 Å². The first-order valence-electron chi connectivity index (χ1n) is 8.06. The van der Waals surface area contributed by atoms with Gasteiger partial charge in [-0.05, 0) is 37.3 Å². The van der Waals surface area contributed by atoms with Gasteiger partial charge in [0.1, 0.15) is 5.75 Å². The molecule has 25 heavy (non-hydrogen) atoms. The van der Waals surface area contributed by atoms with E-state index in [0.29, 0.717) is 42.3 Å². The van der Waals surface area contributed by atoms with Crippen LogP contribution in [0, 0.1) is 0 Å².